The quantitative estimate of drug-likeness (QED) is 0.129. The van der Waals surface area contributed by atoms with Gasteiger partial charge in [0.1, 0.15) is 0 Å². The van der Waals surface area contributed by atoms with Crippen molar-refractivity contribution < 1.29 is 18.5 Å². The molecule has 2 aliphatic carbocycles. The molecular weight excluding hydrogens is 735 g/mol. The molecule has 0 amide bonds. The standard InChI is InChI=1S/C40H31S2Si.2ClH.Zr/c1-3-11-27(12-4-1)29-15-7-17-31-33(29)23-35(39-19-9-21-41-39)37(31)25-43-26-38-32-18-8-16-30(28-13-5-2-6-14-28)34(32)24-36(38)40-20-10-22-42-40;;;/h1-24,37-38,43H,25-26H2;2*1H;/q;;;+2/p-2. The van der Waals surface area contributed by atoms with E-state index in [9.17, 15) is 0 Å². The van der Waals surface area contributed by atoms with Crippen molar-refractivity contribution in [3.63, 3.8) is 0 Å². The van der Waals surface area contributed by atoms with Crippen LogP contribution in [0, 0.1) is 0 Å². The van der Waals surface area contributed by atoms with Crippen molar-refractivity contribution in [1.82, 2.24) is 0 Å². The molecule has 0 saturated heterocycles. The minimum atomic E-state index is -2.61. The van der Waals surface area contributed by atoms with Crippen LogP contribution >= 0.6 is 39.7 Å². The second-order valence-corrected chi connectivity index (χ2v) is 37.5. The number of halogens is 2. The molecule has 0 nitrogen and oxygen atoms in total. The molecule has 0 bridgehead atoms. The summed E-state index contributed by atoms with van der Waals surface area (Å²) in [6.45, 7) is 0. The summed E-state index contributed by atoms with van der Waals surface area (Å²) >= 11 is 1.08. The maximum atomic E-state index is 7.24. The Morgan fingerprint density at radius 3 is 1.37 bits per heavy atom. The zero-order valence-corrected chi connectivity index (χ0v) is 31.8. The molecule has 6 aromatic rings. The van der Waals surface area contributed by atoms with Crippen molar-refractivity contribution in [2.45, 2.75) is 23.9 Å². The fraction of sp³-hybridized carbons (Fsp3) is 0.100. The van der Waals surface area contributed by atoms with Crippen LogP contribution in [-0.4, -0.2) is 5.92 Å². The van der Waals surface area contributed by atoms with Gasteiger partial charge in [-0.15, -0.1) is 0 Å². The van der Waals surface area contributed by atoms with Gasteiger partial charge >= 0.3 is 298 Å². The SMILES string of the molecule is [Cl][Zr]([Cl])[SiH](CC1C(c2cccs2)=Cc2c(-c3ccccc3)cccc21)CC1C(c2cccs2)=Cc2c(-c3ccccc3)cccc21. The monoisotopic (exact) mass is 763 g/mol. The van der Waals surface area contributed by atoms with Crippen LogP contribution in [0.25, 0.3) is 45.6 Å². The first kappa shape index (κ1) is 30.8. The molecule has 2 unspecified atom stereocenters. The Hall–Kier alpha value is -2.56. The number of benzene rings is 4. The van der Waals surface area contributed by atoms with Crippen LogP contribution in [0.15, 0.2) is 132 Å². The van der Waals surface area contributed by atoms with Gasteiger partial charge in [0, 0.05) is 0 Å². The van der Waals surface area contributed by atoms with Gasteiger partial charge in [-0.05, 0) is 0 Å². The van der Waals surface area contributed by atoms with Crippen molar-refractivity contribution >= 4 is 68.9 Å². The molecule has 0 spiro atoms. The van der Waals surface area contributed by atoms with Crippen molar-refractivity contribution in [3.05, 3.63) is 164 Å². The van der Waals surface area contributed by atoms with Crippen LogP contribution in [0.2, 0.25) is 12.1 Å². The van der Waals surface area contributed by atoms with E-state index >= 15 is 0 Å². The molecule has 2 aromatic heterocycles. The molecule has 4 aromatic carbocycles. The average molecular weight is 766 g/mol. The topological polar surface area (TPSA) is 0 Å². The molecule has 0 saturated carbocycles. The van der Waals surface area contributed by atoms with E-state index in [0.717, 1.165) is 12.1 Å². The molecule has 0 N–H and O–H groups in total. The van der Waals surface area contributed by atoms with E-state index in [-0.39, 0.29) is 0 Å². The van der Waals surface area contributed by atoms with Gasteiger partial charge in [-0.2, -0.15) is 0 Å². The number of fused-ring (bicyclic) bond motifs is 2. The predicted octanol–water partition coefficient (Wildman–Crippen LogP) is 12.8. The fourth-order valence-electron chi connectivity index (χ4n) is 7.40. The van der Waals surface area contributed by atoms with Crippen molar-refractivity contribution in [2.24, 2.45) is 0 Å². The van der Waals surface area contributed by atoms with E-state index in [1.807, 2.05) is 22.7 Å². The average Bonchev–Trinajstić information content (AvgIpc) is 3.92. The molecule has 2 atom stereocenters. The molecule has 2 heterocycles. The van der Waals surface area contributed by atoms with E-state index in [4.69, 9.17) is 17.0 Å². The normalized spacial score (nSPS) is 17.3. The van der Waals surface area contributed by atoms with Gasteiger partial charge in [-0.3, -0.25) is 0 Å². The van der Waals surface area contributed by atoms with Gasteiger partial charge in [-0.25, -0.2) is 0 Å². The summed E-state index contributed by atoms with van der Waals surface area (Å²) in [5.74, 6) is -0.887. The first-order valence-corrected chi connectivity index (χ1v) is 30.3. The number of hydrogen-bond donors (Lipinski definition) is 0. The summed E-state index contributed by atoms with van der Waals surface area (Å²) in [4.78, 5) is 2.72. The van der Waals surface area contributed by atoms with Crippen molar-refractivity contribution in [2.75, 3.05) is 0 Å². The van der Waals surface area contributed by atoms with Crippen molar-refractivity contribution in [1.29, 1.82) is 0 Å². The van der Waals surface area contributed by atoms with Crippen molar-refractivity contribution in [3.8, 4) is 22.3 Å². The van der Waals surface area contributed by atoms with Crippen LogP contribution in [0.1, 0.15) is 43.8 Å². The third-order valence-corrected chi connectivity index (χ3v) is 33.0. The van der Waals surface area contributed by atoms with E-state index < -0.39 is 24.4 Å². The van der Waals surface area contributed by atoms with Gasteiger partial charge in [0.05, 0.1) is 0 Å². The summed E-state index contributed by atoms with van der Waals surface area (Å²) in [5.41, 5.74) is 13.6. The second-order valence-electron chi connectivity index (χ2n) is 12.1. The third-order valence-electron chi connectivity index (χ3n) is 9.51. The van der Waals surface area contributed by atoms with E-state index in [0.29, 0.717) is 11.8 Å². The first-order chi connectivity index (χ1) is 22.7. The van der Waals surface area contributed by atoms with Crippen LogP contribution in [0.4, 0.5) is 0 Å². The Morgan fingerprint density at radius 2 is 0.978 bits per heavy atom. The molecule has 46 heavy (non-hydrogen) atoms. The number of hydrogen-bond acceptors (Lipinski definition) is 2. The number of rotatable bonds is 9. The Kier molecular flexibility index (Phi) is 9.03. The molecule has 6 heteroatoms. The van der Waals surface area contributed by atoms with E-state index in [1.165, 1.54) is 65.4 Å². The summed E-state index contributed by atoms with van der Waals surface area (Å²) in [6, 6.07) is 46.5. The zero-order chi connectivity index (χ0) is 31.0. The van der Waals surface area contributed by atoms with Gasteiger partial charge in [-0.1, -0.05) is 0 Å². The van der Waals surface area contributed by atoms with Crippen LogP contribution in [0.3, 0.4) is 0 Å². The van der Waals surface area contributed by atoms with Gasteiger partial charge in [0.15, 0.2) is 0 Å². The molecule has 225 valence electrons. The van der Waals surface area contributed by atoms with E-state index in [1.54, 1.807) is 0 Å². The Morgan fingerprint density at radius 1 is 0.522 bits per heavy atom. The fourth-order valence-corrected chi connectivity index (χ4v) is 24.1. The summed E-state index contributed by atoms with van der Waals surface area (Å²) in [5, 5.41) is 4.40. The third kappa shape index (κ3) is 5.87. The van der Waals surface area contributed by atoms with Crippen LogP contribution in [-0.2, 0) is 18.5 Å². The van der Waals surface area contributed by atoms with Crippen LogP contribution in [0.5, 0.6) is 0 Å². The Labute approximate surface area is 295 Å². The minimum absolute atomic E-state index is 0.327. The van der Waals surface area contributed by atoms with Gasteiger partial charge in [0.25, 0.3) is 0 Å². The summed E-state index contributed by atoms with van der Waals surface area (Å²) in [7, 11) is 14.5. The number of thiophene rings is 2. The molecule has 8 rings (SSSR count). The number of allylic oxidation sites excluding steroid dienone is 2. The Balaban J connectivity index is 1.18. The summed E-state index contributed by atoms with van der Waals surface area (Å²) < 4.78 is 0. The van der Waals surface area contributed by atoms with E-state index in [2.05, 4.69) is 144 Å². The second kappa shape index (κ2) is 13.5. The molecular formula is C40H31Cl2S2SiZr. The maximum absolute atomic E-state index is 7.24. The molecule has 0 radical (unpaired) electrons. The zero-order valence-electron chi connectivity index (χ0n) is 25.1. The predicted molar refractivity (Wildman–Crippen MR) is 202 cm³/mol. The van der Waals surface area contributed by atoms with Gasteiger partial charge in [0.2, 0.25) is 0 Å². The molecule has 0 fully saturated rings. The van der Waals surface area contributed by atoms with Gasteiger partial charge < -0.3 is 0 Å². The first-order valence-electron chi connectivity index (χ1n) is 15.7. The molecule has 2 aliphatic rings. The van der Waals surface area contributed by atoms with Crippen LogP contribution < -0.4 is 0 Å². The molecule has 0 aliphatic heterocycles. The summed E-state index contributed by atoms with van der Waals surface area (Å²) in [6.07, 6.45) is 4.94. The Bertz CT molecular complexity index is 1890.